The average molecular weight is 256 g/mol. The SMILES string of the molecule is CCCC(NCC(=O)N1CCC(C)CC1)C(=O)O. The van der Waals surface area contributed by atoms with Gasteiger partial charge in [0, 0.05) is 13.1 Å². The highest BCUT2D eigenvalue weighted by Crippen LogP contribution is 2.15. The van der Waals surface area contributed by atoms with Crippen molar-refractivity contribution in [2.24, 2.45) is 5.92 Å². The van der Waals surface area contributed by atoms with Crippen LogP contribution in [-0.4, -0.2) is 47.6 Å². The van der Waals surface area contributed by atoms with Gasteiger partial charge in [0.2, 0.25) is 5.91 Å². The van der Waals surface area contributed by atoms with Crippen LogP contribution in [0.2, 0.25) is 0 Å². The predicted molar refractivity (Wildman–Crippen MR) is 69.3 cm³/mol. The van der Waals surface area contributed by atoms with E-state index in [4.69, 9.17) is 5.11 Å². The van der Waals surface area contributed by atoms with Crippen LogP contribution < -0.4 is 5.32 Å². The number of hydrogen-bond donors (Lipinski definition) is 2. The fourth-order valence-corrected chi connectivity index (χ4v) is 2.18. The van der Waals surface area contributed by atoms with Gasteiger partial charge in [0.05, 0.1) is 6.54 Å². The molecule has 0 spiro atoms. The van der Waals surface area contributed by atoms with Crippen molar-refractivity contribution in [2.75, 3.05) is 19.6 Å². The lowest BCUT2D eigenvalue weighted by atomic mass is 9.99. The molecule has 1 atom stereocenters. The van der Waals surface area contributed by atoms with E-state index in [2.05, 4.69) is 12.2 Å². The summed E-state index contributed by atoms with van der Waals surface area (Å²) in [5, 5.41) is 11.8. The number of amides is 1. The van der Waals surface area contributed by atoms with Gasteiger partial charge in [0.15, 0.2) is 0 Å². The molecule has 1 unspecified atom stereocenters. The number of rotatable bonds is 6. The molecule has 0 aromatic heterocycles. The van der Waals surface area contributed by atoms with E-state index < -0.39 is 12.0 Å². The summed E-state index contributed by atoms with van der Waals surface area (Å²) >= 11 is 0. The zero-order valence-electron chi connectivity index (χ0n) is 11.3. The number of likely N-dealkylation sites (tertiary alicyclic amines) is 1. The number of aliphatic carboxylic acids is 1. The third-order valence-corrected chi connectivity index (χ3v) is 3.51. The van der Waals surface area contributed by atoms with Gasteiger partial charge in [-0.3, -0.25) is 14.9 Å². The van der Waals surface area contributed by atoms with Gasteiger partial charge in [-0.05, 0) is 25.2 Å². The van der Waals surface area contributed by atoms with Crippen molar-refractivity contribution in [3.05, 3.63) is 0 Å². The molecule has 1 aliphatic rings. The van der Waals surface area contributed by atoms with Gasteiger partial charge in [-0.25, -0.2) is 0 Å². The molecule has 5 nitrogen and oxygen atoms in total. The molecule has 2 N–H and O–H groups in total. The topological polar surface area (TPSA) is 69.6 Å². The molecule has 1 saturated heterocycles. The van der Waals surface area contributed by atoms with Crippen molar-refractivity contribution in [3.63, 3.8) is 0 Å². The lowest BCUT2D eigenvalue weighted by Crippen LogP contribution is -2.46. The van der Waals surface area contributed by atoms with Crippen LogP contribution in [0.5, 0.6) is 0 Å². The number of nitrogens with one attached hydrogen (secondary N) is 1. The van der Waals surface area contributed by atoms with Crippen molar-refractivity contribution < 1.29 is 14.7 Å². The van der Waals surface area contributed by atoms with E-state index in [0.717, 1.165) is 32.4 Å². The summed E-state index contributed by atoms with van der Waals surface area (Å²) in [5.41, 5.74) is 0. The first-order valence-corrected chi connectivity index (χ1v) is 6.78. The molecule has 104 valence electrons. The molecule has 0 radical (unpaired) electrons. The number of carbonyl (C=O) groups excluding carboxylic acids is 1. The second kappa shape index (κ2) is 7.36. The maximum atomic E-state index is 11.9. The van der Waals surface area contributed by atoms with Gasteiger partial charge >= 0.3 is 5.97 Å². The molecule has 5 heteroatoms. The largest absolute Gasteiger partial charge is 0.480 e. The number of nitrogens with zero attached hydrogens (tertiary/aromatic N) is 1. The Labute approximate surface area is 109 Å². The minimum atomic E-state index is -0.878. The maximum absolute atomic E-state index is 11.9. The Hall–Kier alpha value is -1.10. The zero-order valence-corrected chi connectivity index (χ0v) is 11.3. The minimum absolute atomic E-state index is 0.0178. The summed E-state index contributed by atoms with van der Waals surface area (Å²) < 4.78 is 0. The average Bonchev–Trinajstić information content (AvgIpc) is 2.34. The van der Waals surface area contributed by atoms with Crippen molar-refractivity contribution in [2.45, 2.75) is 45.6 Å². The number of piperidine rings is 1. The Morgan fingerprint density at radius 2 is 2.00 bits per heavy atom. The molecule has 0 bridgehead atoms. The van der Waals surface area contributed by atoms with Crippen LogP contribution in [0.4, 0.5) is 0 Å². The maximum Gasteiger partial charge on any atom is 0.320 e. The van der Waals surface area contributed by atoms with Gasteiger partial charge in [-0.2, -0.15) is 0 Å². The zero-order chi connectivity index (χ0) is 13.5. The van der Waals surface area contributed by atoms with Crippen LogP contribution >= 0.6 is 0 Å². The van der Waals surface area contributed by atoms with Crippen molar-refractivity contribution in [1.29, 1.82) is 0 Å². The first kappa shape index (κ1) is 15.0. The van der Waals surface area contributed by atoms with E-state index in [1.807, 2.05) is 11.8 Å². The first-order chi connectivity index (χ1) is 8.54. The Morgan fingerprint density at radius 3 is 2.50 bits per heavy atom. The standard InChI is InChI=1S/C13H24N2O3/c1-3-4-11(13(17)18)14-9-12(16)15-7-5-10(2)6-8-15/h10-11,14H,3-9H2,1-2H3,(H,17,18). The van der Waals surface area contributed by atoms with Crippen LogP contribution in [-0.2, 0) is 9.59 Å². The molecule has 1 aliphatic heterocycles. The Balaban J connectivity index is 2.33. The van der Waals surface area contributed by atoms with E-state index in [9.17, 15) is 9.59 Å². The van der Waals surface area contributed by atoms with Crippen molar-refractivity contribution >= 4 is 11.9 Å². The van der Waals surface area contributed by atoms with Crippen LogP contribution in [0.3, 0.4) is 0 Å². The molecular weight excluding hydrogens is 232 g/mol. The fourth-order valence-electron chi connectivity index (χ4n) is 2.18. The summed E-state index contributed by atoms with van der Waals surface area (Å²) in [7, 11) is 0. The molecule has 1 amide bonds. The van der Waals surface area contributed by atoms with E-state index in [1.165, 1.54) is 0 Å². The second-order valence-corrected chi connectivity index (χ2v) is 5.12. The van der Waals surface area contributed by atoms with Crippen LogP contribution in [0, 0.1) is 5.92 Å². The monoisotopic (exact) mass is 256 g/mol. The summed E-state index contributed by atoms with van der Waals surface area (Å²) in [5.74, 6) is -0.171. The van der Waals surface area contributed by atoms with E-state index >= 15 is 0 Å². The Bertz CT molecular complexity index is 286. The lowest BCUT2D eigenvalue weighted by molar-refractivity contribution is -0.140. The summed E-state index contributed by atoms with van der Waals surface area (Å²) in [6, 6.07) is -0.609. The van der Waals surface area contributed by atoms with E-state index in [0.29, 0.717) is 12.3 Å². The normalized spacial score (nSPS) is 18.7. The van der Waals surface area contributed by atoms with E-state index in [1.54, 1.807) is 0 Å². The van der Waals surface area contributed by atoms with Crippen LogP contribution in [0.15, 0.2) is 0 Å². The molecule has 18 heavy (non-hydrogen) atoms. The Kier molecular flexibility index (Phi) is 6.12. The highest BCUT2D eigenvalue weighted by Gasteiger charge is 2.22. The van der Waals surface area contributed by atoms with Crippen LogP contribution in [0.25, 0.3) is 0 Å². The lowest BCUT2D eigenvalue weighted by Gasteiger charge is -2.30. The molecule has 1 fully saturated rings. The number of carboxylic acids is 1. The predicted octanol–water partition coefficient (Wildman–Crippen LogP) is 1.09. The molecule has 0 aliphatic carbocycles. The molecule has 1 heterocycles. The summed E-state index contributed by atoms with van der Waals surface area (Å²) in [6.45, 7) is 5.86. The van der Waals surface area contributed by atoms with Gasteiger partial charge < -0.3 is 10.0 Å². The number of carboxylic acid groups (broad SMARTS) is 1. The first-order valence-electron chi connectivity index (χ1n) is 6.78. The smallest absolute Gasteiger partial charge is 0.320 e. The van der Waals surface area contributed by atoms with Crippen molar-refractivity contribution in [1.82, 2.24) is 10.2 Å². The molecule has 0 saturated carbocycles. The van der Waals surface area contributed by atoms with Crippen molar-refractivity contribution in [3.8, 4) is 0 Å². The molecular formula is C13H24N2O3. The second-order valence-electron chi connectivity index (χ2n) is 5.12. The minimum Gasteiger partial charge on any atom is -0.480 e. The number of hydrogen-bond acceptors (Lipinski definition) is 3. The summed E-state index contributed by atoms with van der Waals surface area (Å²) in [6.07, 6.45) is 3.44. The van der Waals surface area contributed by atoms with Crippen LogP contribution in [0.1, 0.15) is 39.5 Å². The number of carbonyl (C=O) groups is 2. The van der Waals surface area contributed by atoms with Gasteiger partial charge in [-0.1, -0.05) is 20.3 Å². The fraction of sp³-hybridized carbons (Fsp3) is 0.846. The highest BCUT2D eigenvalue weighted by molar-refractivity contribution is 5.80. The van der Waals surface area contributed by atoms with Gasteiger partial charge in [-0.15, -0.1) is 0 Å². The third-order valence-electron chi connectivity index (χ3n) is 3.51. The summed E-state index contributed by atoms with van der Waals surface area (Å²) in [4.78, 5) is 24.7. The third kappa shape index (κ3) is 4.64. The molecule has 0 aromatic rings. The van der Waals surface area contributed by atoms with E-state index in [-0.39, 0.29) is 12.5 Å². The van der Waals surface area contributed by atoms with Gasteiger partial charge in [0.1, 0.15) is 6.04 Å². The Morgan fingerprint density at radius 1 is 1.39 bits per heavy atom. The molecule has 0 aromatic carbocycles. The highest BCUT2D eigenvalue weighted by atomic mass is 16.4. The quantitative estimate of drug-likeness (QED) is 0.746. The molecule has 1 rings (SSSR count). The van der Waals surface area contributed by atoms with Gasteiger partial charge in [0.25, 0.3) is 0 Å².